The molecule has 1 aromatic carbocycles. The first-order chi connectivity index (χ1) is 8.08. The van der Waals surface area contributed by atoms with E-state index in [1.165, 1.54) is 18.2 Å². The number of aliphatic hydroxyl groups excluding tert-OH is 1. The molecule has 1 atom stereocenters. The molecule has 0 radical (unpaired) electrons. The Hall–Kier alpha value is -1.95. The number of hydrogen-bond donors (Lipinski definition) is 1. The number of aliphatic imine (C=N–C) groups is 1. The molecule has 0 fully saturated rings. The van der Waals surface area contributed by atoms with Crippen LogP contribution in [0.4, 0.5) is 5.69 Å². The highest BCUT2D eigenvalue weighted by Gasteiger charge is 2.17. The highest BCUT2D eigenvalue weighted by Crippen LogP contribution is 2.26. The Labute approximate surface area is 97.7 Å². The summed E-state index contributed by atoms with van der Waals surface area (Å²) < 4.78 is 5.39. The molecule has 90 valence electrons. The normalized spacial score (nSPS) is 19.4. The van der Waals surface area contributed by atoms with Crippen molar-refractivity contribution in [2.45, 2.75) is 13.0 Å². The predicted octanol–water partition coefficient (Wildman–Crippen LogP) is 1.16. The van der Waals surface area contributed by atoms with E-state index in [0.717, 1.165) is 0 Å². The predicted molar refractivity (Wildman–Crippen MR) is 61.7 cm³/mol. The zero-order valence-corrected chi connectivity index (χ0v) is 9.29. The third-order valence-corrected chi connectivity index (χ3v) is 2.53. The van der Waals surface area contributed by atoms with Crippen molar-refractivity contribution in [2.24, 2.45) is 4.99 Å². The van der Waals surface area contributed by atoms with Crippen LogP contribution in [0.5, 0.6) is 5.75 Å². The smallest absolute Gasteiger partial charge is 0.270 e. The number of aliphatic hydroxyl groups is 1. The number of non-ortho nitro benzene ring substituents is 1. The van der Waals surface area contributed by atoms with Crippen molar-refractivity contribution in [3.8, 4) is 5.75 Å². The summed E-state index contributed by atoms with van der Waals surface area (Å²) >= 11 is 0. The highest BCUT2D eigenvalue weighted by molar-refractivity contribution is 6.01. The van der Waals surface area contributed by atoms with Crippen molar-refractivity contribution in [1.82, 2.24) is 0 Å². The molecule has 6 heteroatoms. The number of nitro groups is 1. The lowest BCUT2D eigenvalue weighted by atomic mass is 10.1. The fourth-order valence-corrected chi connectivity index (χ4v) is 1.61. The van der Waals surface area contributed by atoms with E-state index in [4.69, 9.17) is 4.74 Å². The van der Waals surface area contributed by atoms with E-state index >= 15 is 0 Å². The van der Waals surface area contributed by atoms with E-state index in [9.17, 15) is 15.2 Å². The standard InChI is InChI=1S/C11H12N2O4/c1-7-10-4-8(13(15)16)2-3-11(10)17-6-9(14)5-12-7/h2-4,9,14H,5-6H2,1H3. The Kier molecular flexibility index (Phi) is 3.06. The number of fused-ring (bicyclic) bond motifs is 1. The first kappa shape index (κ1) is 11.5. The van der Waals surface area contributed by atoms with Crippen molar-refractivity contribution in [3.05, 3.63) is 33.9 Å². The van der Waals surface area contributed by atoms with E-state index in [0.29, 0.717) is 17.0 Å². The van der Waals surface area contributed by atoms with Crippen LogP contribution in [0.2, 0.25) is 0 Å². The largest absolute Gasteiger partial charge is 0.490 e. The maximum absolute atomic E-state index is 10.7. The van der Waals surface area contributed by atoms with Gasteiger partial charge in [0.25, 0.3) is 5.69 Å². The minimum absolute atomic E-state index is 0.00280. The molecule has 1 N–H and O–H groups in total. The molecule has 0 bridgehead atoms. The van der Waals surface area contributed by atoms with Crippen LogP contribution < -0.4 is 4.74 Å². The van der Waals surface area contributed by atoms with Gasteiger partial charge in [0, 0.05) is 23.4 Å². The van der Waals surface area contributed by atoms with Crippen molar-refractivity contribution in [3.63, 3.8) is 0 Å². The number of nitrogens with zero attached hydrogens (tertiary/aromatic N) is 2. The molecule has 0 saturated heterocycles. The monoisotopic (exact) mass is 236 g/mol. The molecule has 0 spiro atoms. The molecule has 0 aromatic heterocycles. The molecule has 1 heterocycles. The Morgan fingerprint density at radius 2 is 2.35 bits per heavy atom. The van der Waals surface area contributed by atoms with Gasteiger partial charge in [-0.25, -0.2) is 0 Å². The lowest BCUT2D eigenvalue weighted by molar-refractivity contribution is -0.384. The van der Waals surface area contributed by atoms with Crippen molar-refractivity contribution >= 4 is 11.4 Å². The SMILES string of the molecule is CC1=NCC(O)COc2ccc([N+](=O)[O-])cc21. The zero-order chi connectivity index (χ0) is 12.4. The summed E-state index contributed by atoms with van der Waals surface area (Å²) in [4.78, 5) is 14.4. The number of hydrogen-bond acceptors (Lipinski definition) is 5. The first-order valence-electron chi connectivity index (χ1n) is 5.18. The van der Waals surface area contributed by atoms with Crippen LogP contribution in [0.25, 0.3) is 0 Å². The average molecular weight is 236 g/mol. The van der Waals surface area contributed by atoms with Gasteiger partial charge in [0.05, 0.1) is 11.5 Å². The molecule has 1 aliphatic heterocycles. The van der Waals surface area contributed by atoms with E-state index in [2.05, 4.69) is 4.99 Å². The summed E-state index contributed by atoms with van der Waals surface area (Å²) in [6, 6.07) is 4.34. The summed E-state index contributed by atoms with van der Waals surface area (Å²) in [5.41, 5.74) is 1.23. The first-order valence-corrected chi connectivity index (χ1v) is 5.18. The van der Waals surface area contributed by atoms with Crippen LogP contribution in [0.1, 0.15) is 12.5 Å². The third kappa shape index (κ3) is 2.42. The minimum atomic E-state index is -0.645. The van der Waals surface area contributed by atoms with E-state index in [1.54, 1.807) is 6.92 Å². The van der Waals surface area contributed by atoms with Gasteiger partial charge in [-0.1, -0.05) is 0 Å². The molecule has 0 aliphatic carbocycles. The lowest BCUT2D eigenvalue weighted by Gasteiger charge is -2.17. The second-order valence-corrected chi connectivity index (χ2v) is 3.83. The number of nitro benzene ring substituents is 1. The topological polar surface area (TPSA) is 85.0 Å². The number of benzene rings is 1. The van der Waals surface area contributed by atoms with Gasteiger partial charge in [-0.05, 0) is 13.0 Å². The van der Waals surface area contributed by atoms with Crippen LogP contribution in [-0.2, 0) is 0 Å². The molecular formula is C11H12N2O4. The Balaban J connectivity index is 2.46. The van der Waals surface area contributed by atoms with Gasteiger partial charge in [-0.3, -0.25) is 15.1 Å². The molecule has 0 saturated carbocycles. The summed E-state index contributed by atoms with van der Waals surface area (Å²) in [5.74, 6) is 0.510. The summed E-state index contributed by atoms with van der Waals surface area (Å²) in [5, 5.41) is 20.1. The van der Waals surface area contributed by atoms with Crippen LogP contribution >= 0.6 is 0 Å². The van der Waals surface area contributed by atoms with Gasteiger partial charge in [-0.15, -0.1) is 0 Å². The van der Waals surface area contributed by atoms with Crippen LogP contribution in [0.15, 0.2) is 23.2 Å². The summed E-state index contributed by atoms with van der Waals surface area (Å²) in [7, 11) is 0. The lowest BCUT2D eigenvalue weighted by Crippen LogP contribution is -2.24. The fraction of sp³-hybridized carbons (Fsp3) is 0.364. The van der Waals surface area contributed by atoms with Gasteiger partial charge >= 0.3 is 0 Å². The third-order valence-electron chi connectivity index (χ3n) is 2.53. The maximum atomic E-state index is 10.7. The van der Waals surface area contributed by atoms with E-state index in [-0.39, 0.29) is 18.8 Å². The molecule has 1 aliphatic rings. The number of ether oxygens (including phenoxy) is 1. The molecule has 6 nitrogen and oxygen atoms in total. The molecule has 0 amide bonds. The minimum Gasteiger partial charge on any atom is -0.490 e. The second kappa shape index (κ2) is 4.50. The summed E-state index contributed by atoms with van der Waals surface area (Å²) in [6.45, 7) is 2.12. The summed E-state index contributed by atoms with van der Waals surface area (Å²) in [6.07, 6.45) is -0.645. The molecule has 1 aromatic rings. The highest BCUT2D eigenvalue weighted by atomic mass is 16.6. The Bertz CT molecular complexity index is 484. The van der Waals surface area contributed by atoms with Crippen molar-refractivity contribution in [1.29, 1.82) is 0 Å². The zero-order valence-electron chi connectivity index (χ0n) is 9.29. The molecule has 1 unspecified atom stereocenters. The van der Waals surface area contributed by atoms with Gasteiger partial charge in [-0.2, -0.15) is 0 Å². The van der Waals surface area contributed by atoms with E-state index in [1.807, 2.05) is 0 Å². The Morgan fingerprint density at radius 3 is 3.06 bits per heavy atom. The van der Waals surface area contributed by atoms with E-state index < -0.39 is 11.0 Å². The van der Waals surface area contributed by atoms with Crippen LogP contribution in [0.3, 0.4) is 0 Å². The Morgan fingerprint density at radius 1 is 1.59 bits per heavy atom. The van der Waals surface area contributed by atoms with Crippen LogP contribution in [0, 0.1) is 10.1 Å². The maximum Gasteiger partial charge on any atom is 0.270 e. The molecule has 2 rings (SSSR count). The molecular weight excluding hydrogens is 224 g/mol. The quantitative estimate of drug-likeness (QED) is 0.585. The van der Waals surface area contributed by atoms with Gasteiger partial charge < -0.3 is 9.84 Å². The van der Waals surface area contributed by atoms with Crippen molar-refractivity contribution in [2.75, 3.05) is 13.2 Å². The van der Waals surface area contributed by atoms with Crippen LogP contribution in [-0.4, -0.2) is 35.0 Å². The average Bonchev–Trinajstić information content (AvgIpc) is 2.31. The van der Waals surface area contributed by atoms with Crippen molar-refractivity contribution < 1.29 is 14.8 Å². The fourth-order valence-electron chi connectivity index (χ4n) is 1.61. The van der Waals surface area contributed by atoms with Gasteiger partial charge in [0.1, 0.15) is 18.5 Å². The van der Waals surface area contributed by atoms with Gasteiger partial charge in [0.2, 0.25) is 0 Å². The second-order valence-electron chi connectivity index (χ2n) is 3.83. The molecule has 17 heavy (non-hydrogen) atoms. The van der Waals surface area contributed by atoms with Gasteiger partial charge in [0.15, 0.2) is 0 Å². The number of rotatable bonds is 1.